The van der Waals surface area contributed by atoms with Crippen LogP contribution in [0.2, 0.25) is 0 Å². The Morgan fingerprint density at radius 2 is 1.75 bits per heavy atom. The Labute approximate surface area is 139 Å². The number of furan rings is 1. The highest BCUT2D eigenvalue weighted by Crippen LogP contribution is 2.19. The molecule has 0 spiro atoms. The minimum Gasteiger partial charge on any atom is -0.459 e. The molecule has 1 aliphatic rings. The van der Waals surface area contributed by atoms with E-state index < -0.39 is 0 Å². The molecule has 4 rings (SSSR count). The van der Waals surface area contributed by atoms with E-state index in [0.717, 1.165) is 38.4 Å². The van der Waals surface area contributed by atoms with Crippen molar-refractivity contribution < 1.29 is 8.83 Å². The van der Waals surface area contributed by atoms with Gasteiger partial charge in [0.25, 0.3) is 5.89 Å². The van der Waals surface area contributed by atoms with Crippen LogP contribution in [0.3, 0.4) is 0 Å². The van der Waals surface area contributed by atoms with Gasteiger partial charge in [0.15, 0.2) is 5.76 Å². The molecule has 24 heavy (non-hydrogen) atoms. The molecule has 0 amide bonds. The predicted octanol–water partition coefficient (Wildman–Crippen LogP) is 2.04. The molecule has 124 valence electrons. The summed E-state index contributed by atoms with van der Waals surface area (Å²) in [5.74, 6) is 1.66. The second-order valence-corrected chi connectivity index (χ2v) is 5.85. The van der Waals surface area contributed by atoms with Crippen molar-refractivity contribution in [3.05, 3.63) is 54.4 Å². The summed E-state index contributed by atoms with van der Waals surface area (Å²) in [5.41, 5.74) is 1.12. The number of pyridine rings is 1. The van der Waals surface area contributed by atoms with Crippen LogP contribution >= 0.6 is 0 Å². The maximum atomic E-state index is 5.67. The van der Waals surface area contributed by atoms with E-state index in [-0.39, 0.29) is 0 Å². The zero-order valence-electron chi connectivity index (χ0n) is 13.3. The van der Waals surface area contributed by atoms with Crippen molar-refractivity contribution in [2.24, 2.45) is 0 Å². The average Bonchev–Trinajstić information content (AvgIpc) is 3.29. The van der Waals surface area contributed by atoms with Crippen LogP contribution in [0.1, 0.15) is 11.6 Å². The molecule has 1 fully saturated rings. The number of nitrogens with zero attached hydrogens (tertiary/aromatic N) is 5. The second-order valence-electron chi connectivity index (χ2n) is 5.85. The Balaban J connectivity index is 1.29. The summed E-state index contributed by atoms with van der Waals surface area (Å²) in [7, 11) is 0. The number of piperazine rings is 1. The van der Waals surface area contributed by atoms with Gasteiger partial charge in [0.2, 0.25) is 5.89 Å². The Hall–Kier alpha value is -2.51. The summed E-state index contributed by atoms with van der Waals surface area (Å²) in [6.07, 6.45) is 3.44. The lowest BCUT2D eigenvalue weighted by Gasteiger charge is -2.33. The van der Waals surface area contributed by atoms with Gasteiger partial charge in [-0.05, 0) is 24.3 Å². The molecule has 7 heteroatoms. The van der Waals surface area contributed by atoms with E-state index >= 15 is 0 Å². The Kier molecular flexibility index (Phi) is 4.35. The van der Waals surface area contributed by atoms with Gasteiger partial charge >= 0.3 is 0 Å². The lowest BCUT2D eigenvalue weighted by molar-refractivity contribution is 0.113. The van der Waals surface area contributed by atoms with Gasteiger partial charge in [0.1, 0.15) is 0 Å². The first-order valence-corrected chi connectivity index (χ1v) is 8.08. The van der Waals surface area contributed by atoms with Gasteiger partial charge < -0.3 is 8.83 Å². The fourth-order valence-electron chi connectivity index (χ4n) is 2.83. The minimum atomic E-state index is 0.434. The van der Waals surface area contributed by atoms with E-state index in [1.807, 2.05) is 24.4 Å². The molecule has 0 aliphatic carbocycles. The zero-order chi connectivity index (χ0) is 16.2. The maximum Gasteiger partial charge on any atom is 0.283 e. The van der Waals surface area contributed by atoms with Crippen molar-refractivity contribution in [3.63, 3.8) is 0 Å². The van der Waals surface area contributed by atoms with Crippen LogP contribution in [0.25, 0.3) is 11.7 Å². The summed E-state index contributed by atoms with van der Waals surface area (Å²) >= 11 is 0. The molecule has 0 radical (unpaired) electrons. The summed E-state index contributed by atoms with van der Waals surface area (Å²) in [6.45, 7) is 5.55. The number of aromatic nitrogens is 3. The molecule has 0 atom stereocenters. The molecule has 1 saturated heterocycles. The third-order valence-electron chi connectivity index (χ3n) is 4.13. The van der Waals surface area contributed by atoms with E-state index in [2.05, 4.69) is 31.0 Å². The molecule has 3 aromatic rings. The molecule has 0 saturated carbocycles. The highest BCUT2D eigenvalue weighted by atomic mass is 16.4. The first-order chi connectivity index (χ1) is 11.9. The zero-order valence-corrected chi connectivity index (χ0v) is 13.3. The van der Waals surface area contributed by atoms with Crippen molar-refractivity contribution in [1.82, 2.24) is 25.0 Å². The van der Waals surface area contributed by atoms with Crippen molar-refractivity contribution in [3.8, 4) is 11.7 Å². The number of hydrogen-bond acceptors (Lipinski definition) is 7. The predicted molar refractivity (Wildman–Crippen MR) is 86.8 cm³/mol. The van der Waals surface area contributed by atoms with Gasteiger partial charge in [-0.2, -0.15) is 0 Å². The average molecular weight is 325 g/mol. The van der Waals surface area contributed by atoms with Crippen LogP contribution < -0.4 is 0 Å². The normalized spacial score (nSPS) is 16.5. The van der Waals surface area contributed by atoms with Gasteiger partial charge in [-0.15, -0.1) is 10.2 Å². The largest absolute Gasteiger partial charge is 0.459 e. The molecule has 3 aromatic heterocycles. The monoisotopic (exact) mass is 325 g/mol. The van der Waals surface area contributed by atoms with E-state index in [9.17, 15) is 0 Å². The molecule has 0 bridgehead atoms. The lowest BCUT2D eigenvalue weighted by Crippen LogP contribution is -2.45. The van der Waals surface area contributed by atoms with Crippen LogP contribution in [0.4, 0.5) is 0 Å². The van der Waals surface area contributed by atoms with Crippen molar-refractivity contribution in [1.29, 1.82) is 0 Å². The Morgan fingerprint density at radius 3 is 2.46 bits per heavy atom. The maximum absolute atomic E-state index is 5.67. The summed E-state index contributed by atoms with van der Waals surface area (Å²) in [5, 5.41) is 8.15. The molecule has 7 nitrogen and oxygen atoms in total. The first-order valence-electron chi connectivity index (χ1n) is 8.08. The number of hydrogen-bond donors (Lipinski definition) is 0. The summed E-state index contributed by atoms with van der Waals surface area (Å²) in [4.78, 5) is 9.13. The van der Waals surface area contributed by atoms with Gasteiger partial charge in [-0.1, -0.05) is 6.07 Å². The molecule has 4 heterocycles. The molecule has 0 unspecified atom stereocenters. The molecule has 0 N–H and O–H groups in total. The van der Waals surface area contributed by atoms with Crippen LogP contribution in [0.5, 0.6) is 0 Å². The van der Waals surface area contributed by atoms with E-state index in [0.29, 0.717) is 24.1 Å². The second kappa shape index (κ2) is 6.94. The van der Waals surface area contributed by atoms with Crippen LogP contribution in [0.15, 0.2) is 51.6 Å². The number of rotatable bonds is 5. The molecular formula is C17H19N5O2. The molecule has 0 aromatic carbocycles. The fraction of sp³-hybridized carbons (Fsp3) is 0.353. The SMILES string of the molecule is c1ccc(CN2CCN(Cc3nnc(-c4ccco4)o3)CC2)nc1. The standard InChI is InChI=1S/C17H19N5O2/c1-2-6-18-14(4-1)12-21-7-9-22(10-8-21)13-16-19-20-17(24-16)15-5-3-11-23-15/h1-6,11H,7-10,12-13H2. The van der Waals surface area contributed by atoms with E-state index in [1.165, 1.54) is 0 Å². The van der Waals surface area contributed by atoms with Crippen LogP contribution in [0, 0.1) is 0 Å². The van der Waals surface area contributed by atoms with Crippen molar-refractivity contribution in [2.75, 3.05) is 26.2 Å². The summed E-state index contributed by atoms with van der Waals surface area (Å²) in [6, 6.07) is 9.67. The lowest BCUT2D eigenvalue weighted by atomic mass is 10.2. The quantitative estimate of drug-likeness (QED) is 0.711. The van der Waals surface area contributed by atoms with Gasteiger partial charge in [-0.3, -0.25) is 14.8 Å². The van der Waals surface area contributed by atoms with E-state index in [4.69, 9.17) is 8.83 Å². The summed E-state index contributed by atoms with van der Waals surface area (Å²) < 4.78 is 10.9. The third kappa shape index (κ3) is 3.52. The van der Waals surface area contributed by atoms with Crippen molar-refractivity contribution >= 4 is 0 Å². The highest BCUT2D eigenvalue weighted by molar-refractivity contribution is 5.42. The van der Waals surface area contributed by atoms with Crippen molar-refractivity contribution in [2.45, 2.75) is 13.1 Å². The fourth-order valence-corrected chi connectivity index (χ4v) is 2.83. The smallest absolute Gasteiger partial charge is 0.283 e. The van der Waals surface area contributed by atoms with Crippen LogP contribution in [-0.2, 0) is 13.1 Å². The molecule has 1 aliphatic heterocycles. The Bertz CT molecular complexity index is 748. The van der Waals surface area contributed by atoms with Gasteiger partial charge in [0, 0.05) is 38.9 Å². The topological polar surface area (TPSA) is 71.4 Å². The molecular weight excluding hydrogens is 306 g/mol. The highest BCUT2D eigenvalue weighted by Gasteiger charge is 2.20. The van der Waals surface area contributed by atoms with Gasteiger partial charge in [0.05, 0.1) is 18.5 Å². The Morgan fingerprint density at radius 1 is 0.917 bits per heavy atom. The third-order valence-corrected chi connectivity index (χ3v) is 4.13. The first kappa shape index (κ1) is 15.0. The minimum absolute atomic E-state index is 0.434. The van der Waals surface area contributed by atoms with Crippen LogP contribution in [-0.4, -0.2) is 51.2 Å². The van der Waals surface area contributed by atoms with E-state index in [1.54, 1.807) is 12.3 Å². The van der Waals surface area contributed by atoms with Gasteiger partial charge in [-0.25, -0.2) is 0 Å².